The molecule has 1 aromatic carbocycles. The van der Waals surface area contributed by atoms with Gasteiger partial charge in [-0.25, -0.2) is 0 Å². The van der Waals surface area contributed by atoms with Gasteiger partial charge in [-0.3, -0.25) is 0 Å². The Balaban J connectivity index is 2.11. The number of hydrogen-bond donors (Lipinski definition) is 1. The summed E-state index contributed by atoms with van der Waals surface area (Å²) < 4.78 is 10.7. The van der Waals surface area contributed by atoms with Crippen LogP contribution in [0.5, 0.6) is 11.5 Å². The molecule has 114 valence electrons. The van der Waals surface area contributed by atoms with Gasteiger partial charge in [0.05, 0.1) is 14.2 Å². The maximum Gasteiger partial charge on any atom is 0.127 e. The van der Waals surface area contributed by atoms with Gasteiger partial charge in [-0.1, -0.05) is 26.0 Å². The Morgan fingerprint density at radius 2 is 1.95 bits per heavy atom. The molecule has 1 atom stereocenters. The van der Waals surface area contributed by atoms with Crippen LogP contribution in [0.2, 0.25) is 0 Å². The van der Waals surface area contributed by atoms with Crippen molar-refractivity contribution in [3.8, 4) is 11.5 Å². The molecule has 1 unspecified atom stereocenters. The van der Waals surface area contributed by atoms with Crippen LogP contribution < -0.4 is 14.8 Å². The Bertz CT molecular complexity index is 552. The van der Waals surface area contributed by atoms with Crippen LogP contribution in [0.3, 0.4) is 0 Å². The lowest BCUT2D eigenvalue weighted by molar-refractivity contribution is 0.381. The predicted octanol–water partition coefficient (Wildman–Crippen LogP) is 4.25. The number of methoxy groups -OCH3 is 2. The van der Waals surface area contributed by atoms with Crippen molar-refractivity contribution in [2.24, 2.45) is 5.92 Å². The lowest BCUT2D eigenvalue weighted by Crippen LogP contribution is -2.24. The Labute approximate surface area is 130 Å². The highest BCUT2D eigenvalue weighted by molar-refractivity contribution is 7.10. The van der Waals surface area contributed by atoms with E-state index in [0.29, 0.717) is 12.0 Å². The summed E-state index contributed by atoms with van der Waals surface area (Å²) in [4.78, 5) is 1.37. The smallest absolute Gasteiger partial charge is 0.127 e. The molecule has 21 heavy (non-hydrogen) atoms. The molecular formula is C17H23NO2S. The number of rotatable bonds is 7. The summed E-state index contributed by atoms with van der Waals surface area (Å²) in [6.45, 7) is 5.25. The van der Waals surface area contributed by atoms with E-state index in [2.05, 4.69) is 42.7 Å². The Morgan fingerprint density at radius 3 is 2.52 bits per heavy atom. The summed E-state index contributed by atoms with van der Waals surface area (Å²) in [5, 5.41) is 5.77. The van der Waals surface area contributed by atoms with Crippen molar-refractivity contribution in [3.05, 3.63) is 46.2 Å². The molecule has 0 spiro atoms. The number of ether oxygens (including phenoxy) is 2. The molecule has 2 aromatic rings. The summed E-state index contributed by atoms with van der Waals surface area (Å²) in [5.74, 6) is 2.21. The number of nitrogens with one attached hydrogen (secondary N) is 1. The van der Waals surface area contributed by atoms with Crippen LogP contribution in [-0.2, 0) is 6.54 Å². The molecule has 4 heteroatoms. The Kier molecular flexibility index (Phi) is 5.65. The number of hydrogen-bond acceptors (Lipinski definition) is 4. The first kappa shape index (κ1) is 15.9. The summed E-state index contributed by atoms with van der Waals surface area (Å²) >= 11 is 1.80. The van der Waals surface area contributed by atoms with Gasteiger partial charge in [0.1, 0.15) is 11.5 Å². The number of benzene rings is 1. The lowest BCUT2D eigenvalue weighted by Gasteiger charge is -2.22. The van der Waals surface area contributed by atoms with Gasteiger partial charge in [-0.2, -0.15) is 0 Å². The van der Waals surface area contributed by atoms with Gasteiger partial charge in [0, 0.05) is 29.1 Å². The first-order valence-electron chi connectivity index (χ1n) is 7.13. The first-order valence-corrected chi connectivity index (χ1v) is 8.01. The third kappa shape index (κ3) is 3.99. The molecule has 2 rings (SSSR count). The monoisotopic (exact) mass is 305 g/mol. The molecule has 0 bridgehead atoms. The average molecular weight is 305 g/mol. The predicted molar refractivity (Wildman–Crippen MR) is 88.3 cm³/mol. The standard InChI is InChI=1S/C17H23NO2S/c1-12(2)17(16-6-5-9-21-16)18-11-13-7-8-14(19-3)10-15(13)20-4/h5-10,12,17-18H,11H2,1-4H3. The molecule has 1 heterocycles. The highest BCUT2D eigenvalue weighted by atomic mass is 32.1. The van der Waals surface area contributed by atoms with E-state index in [1.165, 1.54) is 4.88 Å². The maximum atomic E-state index is 5.45. The molecule has 0 radical (unpaired) electrons. The van der Waals surface area contributed by atoms with Crippen LogP contribution in [0.1, 0.15) is 30.3 Å². The zero-order chi connectivity index (χ0) is 15.2. The van der Waals surface area contributed by atoms with Gasteiger partial charge >= 0.3 is 0 Å². The fourth-order valence-corrected chi connectivity index (χ4v) is 3.32. The molecule has 0 aliphatic heterocycles. The van der Waals surface area contributed by atoms with Crippen LogP contribution in [0.15, 0.2) is 35.7 Å². The fraction of sp³-hybridized carbons (Fsp3) is 0.412. The van der Waals surface area contributed by atoms with E-state index in [1.54, 1.807) is 25.6 Å². The Hall–Kier alpha value is -1.52. The molecule has 3 nitrogen and oxygen atoms in total. The summed E-state index contributed by atoms with van der Waals surface area (Å²) in [6, 6.07) is 10.6. The van der Waals surface area contributed by atoms with Gasteiger partial charge in [0.2, 0.25) is 0 Å². The molecule has 1 aromatic heterocycles. The maximum absolute atomic E-state index is 5.45. The van der Waals surface area contributed by atoms with Crippen molar-refractivity contribution in [2.45, 2.75) is 26.4 Å². The quantitative estimate of drug-likeness (QED) is 0.829. The highest BCUT2D eigenvalue weighted by Crippen LogP contribution is 2.28. The van der Waals surface area contributed by atoms with Gasteiger partial charge in [-0.15, -0.1) is 11.3 Å². The molecule has 0 aliphatic rings. The molecular weight excluding hydrogens is 282 g/mol. The van der Waals surface area contributed by atoms with Gasteiger partial charge < -0.3 is 14.8 Å². The van der Waals surface area contributed by atoms with E-state index in [0.717, 1.165) is 23.6 Å². The van der Waals surface area contributed by atoms with Crippen molar-refractivity contribution in [3.63, 3.8) is 0 Å². The second kappa shape index (κ2) is 7.48. The van der Waals surface area contributed by atoms with E-state index < -0.39 is 0 Å². The van der Waals surface area contributed by atoms with Crippen LogP contribution in [0.25, 0.3) is 0 Å². The van der Waals surface area contributed by atoms with E-state index in [4.69, 9.17) is 9.47 Å². The second-order valence-corrected chi connectivity index (χ2v) is 6.28. The van der Waals surface area contributed by atoms with E-state index in [9.17, 15) is 0 Å². The summed E-state index contributed by atoms with van der Waals surface area (Å²) in [5.41, 5.74) is 1.14. The fourth-order valence-electron chi connectivity index (χ4n) is 2.35. The summed E-state index contributed by atoms with van der Waals surface area (Å²) in [7, 11) is 3.36. The van der Waals surface area contributed by atoms with Gasteiger partial charge in [0.25, 0.3) is 0 Å². The molecule has 0 aliphatic carbocycles. The van der Waals surface area contributed by atoms with Crippen molar-refractivity contribution >= 4 is 11.3 Å². The van der Waals surface area contributed by atoms with Crippen LogP contribution in [-0.4, -0.2) is 14.2 Å². The minimum atomic E-state index is 0.358. The average Bonchev–Trinajstić information content (AvgIpc) is 3.01. The van der Waals surface area contributed by atoms with Crippen molar-refractivity contribution in [1.29, 1.82) is 0 Å². The largest absolute Gasteiger partial charge is 0.497 e. The van der Waals surface area contributed by atoms with Crippen LogP contribution in [0.4, 0.5) is 0 Å². The van der Waals surface area contributed by atoms with Crippen molar-refractivity contribution in [2.75, 3.05) is 14.2 Å². The molecule has 0 fully saturated rings. The Morgan fingerprint density at radius 1 is 1.14 bits per heavy atom. The minimum Gasteiger partial charge on any atom is -0.497 e. The SMILES string of the molecule is COc1ccc(CNC(c2cccs2)C(C)C)c(OC)c1. The van der Waals surface area contributed by atoms with Crippen LogP contribution in [0, 0.1) is 5.92 Å². The van der Waals surface area contributed by atoms with E-state index in [1.807, 2.05) is 12.1 Å². The van der Waals surface area contributed by atoms with Crippen molar-refractivity contribution < 1.29 is 9.47 Å². The summed E-state index contributed by atoms with van der Waals surface area (Å²) in [6.07, 6.45) is 0. The van der Waals surface area contributed by atoms with E-state index in [-0.39, 0.29) is 0 Å². The van der Waals surface area contributed by atoms with Crippen molar-refractivity contribution in [1.82, 2.24) is 5.32 Å². The lowest BCUT2D eigenvalue weighted by atomic mass is 10.0. The minimum absolute atomic E-state index is 0.358. The zero-order valence-electron chi connectivity index (χ0n) is 13.1. The second-order valence-electron chi connectivity index (χ2n) is 5.30. The third-order valence-corrected chi connectivity index (χ3v) is 4.48. The topological polar surface area (TPSA) is 30.5 Å². The van der Waals surface area contributed by atoms with Gasteiger partial charge in [0.15, 0.2) is 0 Å². The van der Waals surface area contributed by atoms with Crippen LogP contribution >= 0.6 is 11.3 Å². The molecule has 1 N–H and O–H groups in total. The third-order valence-electron chi connectivity index (χ3n) is 3.52. The zero-order valence-corrected chi connectivity index (χ0v) is 13.9. The normalized spacial score (nSPS) is 12.4. The number of thiophene rings is 1. The van der Waals surface area contributed by atoms with E-state index >= 15 is 0 Å². The first-order chi connectivity index (χ1) is 10.2. The molecule has 0 saturated heterocycles. The molecule has 0 amide bonds. The van der Waals surface area contributed by atoms with Gasteiger partial charge in [-0.05, 0) is 23.4 Å². The highest BCUT2D eigenvalue weighted by Gasteiger charge is 2.17. The molecule has 0 saturated carbocycles.